The van der Waals surface area contributed by atoms with Gasteiger partial charge in [0, 0.05) is 6.54 Å². The molecule has 1 heterocycles. The van der Waals surface area contributed by atoms with Gasteiger partial charge in [0.25, 0.3) is 0 Å². The number of fused-ring (bicyclic) bond motifs is 1. The maximum absolute atomic E-state index is 6.10. The predicted molar refractivity (Wildman–Crippen MR) is 84.8 cm³/mol. The first-order chi connectivity index (χ1) is 9.66. The minimum Gasteiger partial charge on any atom is -0.370 e. The first-order valence-corrected chi connectivity index (χ1v) is 7.22. The van der Waals surface area contributed by atoms with E-state index in [-0.39, 0.29) is 5.54 Å². The molecule has 2 aromatic rings. The standard InChI is InChI=1S/C17H21N3/c1-3-11-20-16(18)19-12-17(20,2)15-10-6-8-13-7-4-5-9-14(13)15/h4-10H,3,11-12H2,1-2H3,(H2,18,19). The van der Waals surface area contributed by atoms with Crippen LogP contribution in [0.1, 0.15) is 25.8 Å². The van der Waals surface area contributed by atoms with Gasteiger partial charge in [-0.25, -0.2) is 0 Å². The second-order valence-electron chi connectivity index (χ2n) is 5.63. The number of aliphatic imine (C=N–C) groups is 1. The Balaban J connectivity index is 2.15. The zero-order valence-electron chi connectivity index (χ0n) is 12.1. The summed E-state index contributed by atoms with van der Waals surface area (Å²) in [6.45, 7) is 6.09. The molecule has 3 nitrogen and oxygen atoms in total. The summed E-state index contributed by atoms with van der Waals surface area (Å²) in [4.78, 5) is 6.74. The quantitative estimate of drug-likeness (QED) is 0.928. The van der Waals surface area contributed by atoms with E-state index in [2.05, 4.69) is 66.2 Å². The Bertz CT molecular complexity index is 657. The van der Waals surface area contributed by atoms with Gasteiger partial charge in [-0.2, -0.15) is 0 Å². The number of hydrogen-bond acceptors (Lipinski definition) is 3. The molecule has 3 heteroatoms. The Morgan fingerprint density at radius 2 is 1.95 bits per heavy atom. The van der Waals surface area contributed by atoms with Gasteiger partial charge in [0.15, 0.2) is 5.96 Å². The molecule has 2 N–H and O–H groups in total. The average Bonchev–Trinajstić information content (AvgIpc) is 2.76. The van der Waals surface area contributed by atoms with Gasteiger partial charge in [0.2, 0.25) is 0 Å². The van der Waals surface area contributed by atoms with Crippen LogP contribution in [0.2, 0.25) is 0 Å². The second-order valence-corrected chi connectivity index (χ2v) is 5.63. The highest BCUT2D eigenvalue weighted by Gasteiger charge is 2.39. The molecule has 0 aromatic heterocycles. The molecule has 0 saturated carbocycles. The van der Waals surface area contributed by atoms with Crippen molar-refractivity contribution in [2.24, 2.45) is 10.7 Å². The van der Waals surface area contributed by atoms with Crippen molar-refractivity contribution in [3.05, 3.63) is 48.0 Å². The van der Waals surface area contributed by atoms with Crippen molar-refractivity contribution in [1.82, 2.24) is 4.90 Å². The van der Waals surface area contributed by atoms with Crippen molar-refractivity contribution in [2.75, 3.05) is 13.1 Å². The predicted octanol–water partition coefficient (Wildman–Crippen LogP) is 3.10. The van der Waals surface area contributed by atoms with E-state index >= 15 is 0 Å². The summed E-state index contributed by atoms with van der Waals surface area (Å²) in [5.41, 5.74) is 7.27. The highest BCUT2D eigenvalue weighted by Crippen LogP contribution is 2.36. The topological polar surface area (TPSA) is 41.6 Å². The van der Waals surface area contributed by atoms with E-state index in [4.69, 9.17) is 5.73 Å². The van der Waals surface area contributed by atoms with E-state index in [0.717, 1.165) is 19.5 Å². The lowest BCUT2D eigenvalue weighted by molar-refractivity contribution is 0.227. The highest BCUT2D eigenvalue weighted by molar-refractivity contribution is 5.88. The third kappa shape index (κ3) is 1.85. The molecule has 0 bridgehead atoms. The SMILES string of the molecule is CCCN1C(N)=NCC1(C)c1cccc2ccccc12. The fraction of sp³-hybridized carbons (Fsp3) is 0.353. The lowest BCUT2D eigenvalue weighted by Crippen LogP contribution is -2.47. The lowest BCUT2D eigenvalue weighted by Gasteiger charge is -2.37. The van der Waals surface area contributed by atoms with Crippen LogP contribution in [0.15, 0.2) is 47.5 Å². The zero-order valence-corrected chi connectivity index (χ0v) is 12.1. The normalized spacial score (nSPS) is 22.3. The number of nitrogens with two attached hydrogens (primary N) is 1. The molecule has 3 rings (SSSR count). The molecule has 20 heavy (non-hydrogen) atoms. The molecule has 0 spiro atoms. The van der Waals surface area contributed by atoms with E-state index in [0.29, 0.717) is 5.96 Å². The Morgan fingerprint density at radius 3 is 2.75 bits per heavy atom. The molecule has 0 saturated heterocycles. The molecular weight excluding hydrogens is 246 g/mol. The van der Waals surface area contributed by atoms with Crippen molar-refractivity contribution >= 4 is 16.7 Å². The van der Waals surface area contributed by atoms with Crippen LogP contribution in [0, 0.1) is 0 Å². The zero-order chi connectivity index (χ0) is 14.2. The van der Waals surface area contributed by atoms with Gasteiger partial charge < -0.3 is 10.6 Å². The Morgan fingerprint density at radius 1 is 1.20 bits per heavy atom. The fourth-order valence-electron chi connectivity index (χ4n) is 3.17. The van der Waals surface area contributed by atoms with E-state index in [1.54, 1.807) is 0 Å². The molecule has 2 aromatic carbocycles. The Labute approximate surface area is 120 Å². The molecule has 0 aliphatic carbocycles. The number of nitrogens with zero attached hydrogens (tertiary/aromatic N) is 2. The van der Waals surface area contributed by atoms with E-state index in [1.807, 2.05) is 0 Å². The summed E-state index contributed by atoms with van der Waals surface area (Å²) in [5, 5.41) is 2.57. The smallest absolute Gasteiger partial charge is 0.192 e. The minimum absolute atomic E-state index is 0.138. The third-order valence-corrected chi connectivity index (χ3v) is 4.24. The van der Waals surface area contributed by atoms with Crippen molar-refractivity contribution in [3.8, 4) is 0 Å². The minimum atomic E-state index is -0.138. The molecule has 104 valence electrons. The molecule has 1 unspecified atom stereocenters. The number of hydrogen-bond donors (Lipinski definition) is 1. The second kappa shape index (κ2) is 4.82. The molecule has 1 atom stereocenters. The van der Waals surface area contributed by atoms with Gasteiger partial charge >= 0.3 is 0 Å². The molecule has 0 amide bonds. The first-order valence-electron chi connectivity index (χ1n) is 7.22. The molecule has 0 radical (unpaired) electrons. The Kier molecular flexibility index (Phi) is 3.13. The largest absolute Gasteiger partial charge is 0.370 e. The summed E-state index contributed by atoms with van der Waals surface area (Å²) >= 11 is 0. The van der Waals surface area contributed by atoms with Crippen LogP contribution in [0.25, 0.3) is 10.8 Å². The third-order valence-electron chi connectivity index (χ3n) is 4.24. The maximum atomic E-state index is 6.10. The Hall–Kier alpha value is -2.03. The summed E-state index contributed by atoms with van der Waals surface area (Å²) in [6.07, 6.45) is 1.07. The van der Waals surface area contributed by atoms with Crippen LogP contribution in [-0.2, 0) is 5.54 Å². The van der Waals surface area contributed by atoms with E-state index in [9.17, 15) is 0 Å². The van der Waals surface area contributed by atoms with Crippen LogP contribution in [0.3, 0.4) is 0 Å². The maximum Gasteiger partial charge on any atom is 0.192 e. The van der Waals surface area contributed by atoms with Crippen LogP contribution in [0.4, 0.5) is 0 Å². The monoisotopic (exact) mass is 267 g/mol. The summed E-state index contributed by atoms with van der Waals surface area (Å²) in [6, 6.07) is 15.0. The van der Waals surface area contributed by atoms with E-state index < -0.39 is 0 Å². The average molecular weight is 267 g/mol. The van der Waals surface area contributed by atoms with Crippen molar-refractivity contribution in [2.45, 2.75) is 25.8 Å². The molecule has 0 fully saturated rings. The molecule has 1 aliphatic rings. The van der Waals surface area contributed by atoms with Crippen molar-refractivity contribution in [3.63, 3.8) is 0 Å². The number of benzene rings is 2. The van der Waals surface area contributed by atoms with Crippen molar-refractivity contribution in [1.29, 1.82) is 0 Å². The highest BCUT2D eigenvalue weighted by atomic mass is 15.3. The number of guanidine groups is 1. The molecular formula is C17H21N3. The van der Waals surface area contributed by atoms with Crippen LogP contribution in [0.5, 0.6) is 0 Å². The van der Waals surface area contributed by atoms with Crippen LogP contribution < -0.4 is 5.73 Å². The first kappa shape index (κ1) is 13.0. The fourth-order valence-corrected chi connectivity index (χ4v) is 3.17. The number of rotatable bonds is 3. The van der Waals surface area contributed by atoms with Crippen molar-refractivity contribution < 1.29 is 0 Å². The van der Waals surface area contributed by atoms with Gasteiger partial charge in [-0.15, -0.1) is 0 Å². The van der Waals surface area contributed by atoms with Crippen LogP contribution in [-0.4, -0.2) is 23.9 Å². The summed E-state index contributed by atoms with van der Waals surface area (Å²) < 4.78 is 0. The molecule has 1 aliphatic heterocycles. The van der Waals surface area contributed by atoms with Gasteiger partial charge in [0.05, 0.1) is 12.1 Å². The lowest BCUT2D eigenvalue weighted by atomic mass is 9.87. The van der Waals surface area contributed by atoms with Crippen LogP contribution >= 0.6 is 0 Å². The van der Waals surface area contributed by atoms with E-state index in [1.165, 1.54) is 16.3 Å². The summed E-state index contributed by atoms with van der Waals surface area (Å²) in [7, 11) is 0. The van der Waals surface area contributed by atoms with Gasteiger partial charge in [0.1, 0.15) is 0 Å². The van der Waals surface area contributed by atoms with Gasteiger partial charge in [-0.3, -0.25) is 4.99 Å². The van der Waals surface area contributed by atoms with Gasteiger partial charge in [-0.1, -0.05) is 49.4 Å². The van der Waals surface area contributed by atoms with Gasteiger partial charge in [-0.05, 0) is 29.7 Å². The summed E-state index contributed by atoms with van der Waals surface area (Å²) in [5.74, 6) is 0.669.